The summed E-state index contributed by atoms with van der Waals surface area (Å²) in [6.45, 7) is 0.469. The summed E-state index contributed by atoms with van der Waals surface area (Å²) in [6, 6.07) is 9.26. The summed E-state index contributed by atoms with van der Waals surface area (Å²) in [5.74, 6) is -0.271. The molecule has 1 aromatic rings. The molecule has 1 fully saturated rings. The van der Waals surface area contributed by atoms with Crippen LogP contribution in [0, 0.1) is 0 Å². The molecule has 5 nitrogen and oxygen atoms in total. The Hall–Kier alpha value is -1.75. The van der Waals surface area contributed by atoms with E-state index in [1.807, 2.05) is 30.3 Å². The fraction of sp³-hybridized carbons (Fsp3) is 0.333. The highest BCUT2D eigenvalue weighted by Crippen LogP contribution is 2.26. The van der Waals surface area contributed by atoms with Gasteiger partial charge in [-0.3, -0.25) is 9.69 Å². The Morgan fingerprint density at radius 2 is 1.94 bits per heavy atom. The molecule has 0 radical (unpaired) electrons. The van der Waals surface area contributed by atoms with Gasteiger partial charge in [-0.05, 0) is 5.56 Å². The van der Waals surface area contributed by atoms with Crippen LogP contribution in [0.15, 0.2) is 30.3 Å². The van der Waals surface area contributed by atoms with Gasteiger partial charge in [0.2, 0.25) is 5.91 Å². The van der Waals surface area contributed by atoms with E-state index in [-0.39, 0.29) is 19.0 Å². The Bertz CT molecular complexity index is 452. The third kappa shape index (κ3) is 2.56. The Morgan fingerprint density at radius 1 is 1.28 bits per heavy atom. The van der Waals surface area contributed by atoms with Crippen LogP contribution in [-0.2, 0) is 4.79 Å². The van der Waals surface area contributed by atoms with E-state index in [9.17, 15) is 9.59 Å². The summed E-state index contributed by atoms with van der Waals surface area (Å²) in [7, 11) is 0. The molecule has 0 aliphatic carbocycles. The van der Waals surface area contributed by atoms with E-state index in [4.69, 9.17) is 16.7 Å². The molecule has 2 amide bonds. The van der Waals surface area contributed by atoms with Crippen molar-refractivity contribution >= 4 is 23.6 Å². The zero-order chi connectivity index (χ0) is 13.1. The number of halogens is 1. The number of hydrogen-bond donors (Lipinski definition) is 1. The van der Waals surface area contributed by atoms with E-state index in [0.29, 0.717) is 6.54 Å². The molecule has 0 bridgehead atoms. The number of alkyl halides is 1. The molecule has 18 heavy (non-hydrogen) atoms. The zero-order valence-electron chi connectivity index (χ0n) is 9.62. The minimum atomic E-state index is -1.08. The van der Waals surface area contributed by atoms with Crippen LogP contribution in [0.3, 0.4) is 0 Å². The van der Waals surface area contributed by atoms with Crippen molar-refractivity contribution in [1.82, 2.24) is 9.80 Å². The minimum absolute atomic E-state index is 0.134. The number of rotatable bonds is 2. The summed E-state index contributed by atoms with van der Waals surface area (Å²) in [6.07, 6.45) is -1.08. The molecule has 0 aromatic heterocycles. The van der Waals surface area contributed by atoms with Crippen LogP contribution < -0.4 is 0 Å². The quantitative estimate of drug-likeness (QED) is 0.657. The number of amides is 2. The Labute approximate surface area is 110 Å². The van der Waals surface area contributed by atoms with Crippen molar-refractivity contribution in [2.75, 3.05) is 19.6 Å². The molecule has 1 saturated heterocycles. The summed E-state index contributed by atoms with van der Waals surface area (Å²) >= 11 is 6.25. The van der Waals surface area contributed by atoms with Gasteiger partial charge in [0.1, 0.15) is 12.0 Å². The molecule has 1 aliphatic heterocycles. The van der Waals surface area contributed by atoms with Crippen molar-refractivity contribution in [2.24, 2.45) is 0 Å². The number of benzene rings is 1. The molecule has 1 aliphatic rings. The fourth-order valence-electron chi connectivity index (χ4n) is 1.88. The molecule has 1 atom stereocenters. The maximum absolute atomic E-state index is 11.9. The lowest BCUT2D eigenvalue weighted by molar-refractivity contribution is -0.136. The van der Waals surface area contributed by atoms with Crippen molar-refractivity contribution < 1.29 is 14.7 Å². The van der Waals surface area contributed by atoms with Crippen LogP contribution in [0.1, 0.15) is 11.1 Å². The van der Waals surface area contributed by atoms with Gasteiger partial charge in [-0.2, -0.15) is 0 Å². The SMILES string of the molecule is O=C(O)N1CCN(C(Cl)c2ccccc2)C(=O)C1. The van der Waals surface area contributed by atoms with E-state index in [1.54, 1.807) is 0 Å². The standard InChI is InChI=1S/C12H13ClN2O3/c13-11(9-4-2-1-3-5-9)15-7-6-14(12(17)18)8-10(15)16/h1-5,11H,6-8H2,(H,17,18). The van der Waals surface area contributed by atoms with E-state index in [2.05, 4.69) is 0 Å². The van der Waals surface area contributed by atoms with Crippen LogP contribution in [0.4, 0.5) is 4.79 Å². The van der Waals surface area contributed by atoms with Crippen LogP contribution in [0.5, 0.6) is 0 Å². The summed E-state index contributed by atoms with van der Waals surface area (Å²) < 4.78 is 0. The maximum Gasteiger partial charge on any atom is 0.407 e. The predicted octanol–water partition coefficient (Wildman–Crippen LogP) is 1.75. The molecule has 0 saturated carbocycles. The molecule has 1 N–H and O–H groups in total. The molecule has 1 heterocycles. The van der Waals surface area contributed by atoms with E-state index < -0.39 is 11.6 Å². The van der Waals surface area contributed by atoms with E-state index in [0.717, 1.165) is 10.5 Å². The summed E-state index contributed by atoms with van der Waals surface area (Å²) in [4.78, 5) is 25.2. The van der Waals surface area contributed by atoms with Gasteiger partial charge in [0, 0.05) is 13.1 Å². The highest BCUT2D eigenvalue weighted by molar-refractivity contribution is 6.21. The van der Waals surface area contributed by atoms with Crippen molar-refractivity contribution in [3.63, 3.8) is 0 Å². The van der Waals surface area contributed by atoms with Gasteiger partial charge in [0.15, 0.2) is 0 Å². The topological polar surface area (TPSA) is 60.9 Å². The van der Waals surface area contributed by atoms with Gasteiger partial charge in [0.05, 0.1) is 0 Å². The number of carbonyl (C=O) groups is 2. The van der Waals surface area contributed by atoms with Gasteiger partial charge in [-0.15, -0.1) is 0 Å². The molecular formula is C12H13ClN2O3. The Kier molecular flexibility index (Phi) is 3.72. The minimum Gasteiger partial charge on any atom is -0.465 e. The van der Waals surface area contributed by atoms with Crippen molar-refractivity contribution in [1.29, 1.82) is 0 Å². The van der Waals surface area contributed by atoms with Crippen molar-refractivity contribution in [3.05, 3.63) is 35.9 Å². The second-order valence-corrected chi connectivity index (χ2v) is 4.45. The van der Waals surface area contributed by atoms with Crippen LogP contribution in [-0.4, -0.2) is 46.5 Å². The predicted molar refractivity (Wildman–Crippen MR) is 66.3 cm³/mol. The van der Waals surface area contributed by atoms with Crippen LogP contribution >= 0.6 is 11.6 Å². The lowest BCUT2D eigenvalue weighted by Gasteiger charge is -2.35. The molecule has 0 spiro atoms. The first kappa shape index (κ1) is 12.7. The lowest BCUT2D eigenvalue weighted by Crippen LogP contribution is -2.52. The van der Waals surface area contributed by atoms with Crippen LogP contribution in [0.2, 0.25) is 0 Å². The summed E-state index contributed by atoms with van der Waals surface area (Å²) in [5.41, 5.74) is 0.283. The van der Waals surface area contributed by atoms with Gasteiger partial charge >= 0.3 is 6.09 Å². The second kappa shape index (κ2) is 5.27. The molecule has 1 unspecified atom stereocenters. The number of carbonyl (C=O) groups excluding carboxylic acids is 1. The highest BCUT2D eigenvalue weighted by Gasteiger charge is 2.31. The van der Waals surface area contributed by atoms with E-state index >= 15 is 0 Å². The van der Waals surface area contributed by atoms with Crippen molar-refractivity contribution in [3.8, 4) is 0 Å². The monoisotopic (exact) mass is 268 g/mol. The third-order valence-corrected chi connectivity index (χ3v) is 3.36. The average molecular weight is 269 g/mol. The highest BCUT2D eigenvalue weighted by atomic mass is 35.5. The van der Waals surface area contributed by atoms with Gasteiger partial charge in [-0.25, -0.2) is 4.79 Å². The first-order valence-electron chi connectivity index (χ1n) is 5.56. The van der Waals surface area contributed by atoms with Crippen LogP contribution in [0.25, 0.3) is 0 Å². The lowest BCUT2D eigenvalue weighted by atomic mass is 10.2. The zero-order valence-corrected chi connectivity index (χ0v) is 10.4. The Morgan fingerprint density at radius 3 is 2.50 bits per heavy atom. The third-order valence-electron chi connectivity index (χ3n) is 2.88. The van der Waals surface area contributed by atoms with Crippen molar-refractivity contribution in [2.45, 2.75) is 5.50 Å². The smallest absolute Gasteiger partial charge is 0.407 e. The first-order valence-corrected chi connectivity index (χ1v) is 5.99. The largest absolute Gasteiger partial charge is 0.465 e. The van der Waals surface area contributed by atoms with Gasteiger partial charge in [0.25, 0.3) is 0 Å². The summed E-state index contributed by atoms with van der Waals surface area (Å²) in [5, 5.41) is 8.82. The van der Waals surface area contributed by atoms with E-state index in [1.165, 1.54) is 4.90 Å². The number of hydrogen-bond acceptors (Lipinski definition) is 2. The van der Waals surface area contributed by atoms with Gasteiger partial charge < -0.3 is 10.0 Å². The van der Waals surface area contributed by atoms with Gasteiger partial charge in [-0.1, -0.05) is 41.9 Å². The normalized spacial score (nSPS) is 17.7. The first-order chi connectivity index (χ1) is 8.59. The molecule has 1 aromatic carbocycles. The molecule has 2 rings (SSSR count). The number of nitrogens with zero attached hydrogens (tertiary/aromatic N) is 2. The second-order valence-electron chi connectivity index (χ2n) is 4.04. The number of piperazine rings is 1. The average Bonchev–Trinajstić information content (AvgIpc) is 2.38. The molecule has 6 heteroatoms. The Balaban J connectivity index is 2.07. The fourth-order valence-corrected chi connectivity index (χ4v) is 2.23. The maximum atomic E-state index is 11.9. The molecular weight excluding hydrogens is 256 g/mol. The number of carboxylic acid groups (broad SMARTS) is 1. The molecule has 96 valence electrons.